The Morgan fingerprint density at radius 3 is 2.44 bits per heavy atom. The molecule has 1 aromatic heterocycles. The van der Waals surface area contributed by atoms with Gasteiger partial charge in [0.2, 0.25) is 0 Å². The van der Waals surface area contributed by atoms with Gasteiger partial charge in [-0.15, -0.1) is 0 Å². The van der Waals surface area contributed by atoms with E-state index < -0.39 is 0 Å². The van der Waals surface area contributed by atoms with Crippen LogP contribution in [0.15, 0.2) is 42.5 Å². The predicted molar refractivity (Wildman–Crippen MR) is 149 cm³/mol. The van der Waals surface area contributed by atoms with Crippen LogP contribution in [0.25, 0.3) is 11.4 Å². The number of aryl methyl sites for hydroxylation is 4. The Balaban J connectivity index is 1.74. The van der Waals surface area contributed by atoms with Crippen molar-refractivity contribution in [2.45, 2.75) is 78.8 Å². The van der Waals surface area contributed by atoms with Crippen LogP contribution in [-0.4, -0.2) is 35.6 Å². The molecule has 4 nitrogen and oxygen atoms in total. The van der Waals surface area contributed by atoms with Crippen LogP contribution in [-0.2, 0) is 37.0 Å². The summed E-state index contributed by atoms with van der Waals surface area (Å²) in [7, 11) is 4.05. The van der Waals surface area contributed by atoms with Gasteiger partial charge in [-0.25, -0.2) is 9.97 Å². The molecule has 0 N–H and O–H groups in total. The average molecular weight is 486 g/mol. The fourth-order valence-corrected chi connectivity index (χ4v) is 5.89. The summed E-state index contributed by atoms with van der Waals surface area (Å²) in [6, 6.07) is 16.0. The highest BCUT2D eigenvalue weighted by Gasteiger charge is 2.26. The topological polar surface area (TPSA) is 38.2 Å². The highest BCUT2D eigenvalue weighted by Crippen LogP contribution is 2.35. The lowest BCUT2D eigenvalue weighted by Gasteiger charge is -2.34. The van der Waals surface area contributed by atoms with E-state index in [9.17, 15) is 0 Å². The Labute approximate surface area is 218 Å². The molecule has 192 valence electrons. The number of nitrogens with zero attached hydrogens (tertiary/aromatic N) is 3. The van der Waals surface area contributed by atoms with Crippen molar-refractivity contribution in [1.29, 1.82) is 0 Å². The number of benzene rings is 2. The SMILES string of the molecule is CCc1cccc(CC)c1-c1nc(C)c(CN(C)[C@H]2CCCc3ccccc32)c(CC(C)COC)n1. The van der Waals surface area contributed by atoms with Crippen LogP contribution in [0.5, 0.6) is 0 Å². The highest BCUT2D eigenvalue weighted by molar-refractivity contribution is 5.65. The largest absolute Gasteiger partial charge is 0.384 e. The second-order valence-corrected chi connectivity index (χ2v) is 10.5. The number of fused-ring (bicyclic) bond motifs is 1. The summed E-state index contributed by atoms with van der Waals surface area (Å²) >= 11 is 0. The first kappa shape index (κ1) is 26.5. The molecule has 1 aliphatic carbocycles. The first-order valence-electron chi connectivity index (χ1n) is 13.7. The van der Waals surface area contributed by atoms with E-state index in [0.717, 1.165) is 43.9 Å². The monoisotopic (exact) mass is 485 g/mol. The molecule has 4 heteroatoms. The van der Waals surface area contributed by atoms with Gasteiger partial charge in [-0.2, -0.15) is 0 Å². The molecule has 3 aromatic rings. The molecule has 1 heterocycles. The van der Waals surface area contributed by atoms with Crippen LogP contribution in [0.1, 0.15) is 78.9 Å². The molecule has 1 aliphatic rings. The quantitative estimate of drug-likeness (QED) is 0.313. The maximum atomic E-state index is 5.50. The van der Waals surface area contributed by atoms with Crippen molar-refractivity contribution in [1.82, 2.24) is 14.9 Å². The molecule has 0 amide bonds. The van der Waals surface area contributed by atoms with E-state index in [1.165, 1.54) is 58.3 Å². The zero-order valence-electron chi connectivity index (χ0n) is 23.1. The Hall–Kier alpha value is -2.56. The number of methoxy groups -OCH3 is 1. The van der Waals surface area contributed by atoms with Gasteiger partial charge in [0.25, 0.3) is 0 Å². The average Bonchev–Trinajstić information content (AvgIpc) is 2.89. The smallest absolute Gasteiger partial charge is 0.160 e. The van der Waals surface area contributed by atoms with Crippen LogP contribution in [0.2, 0.25) is 0 Å². The van der Waals surface area contributed by atoms with Gasteiger partial charge < -0.3 is 4.74 Å². The van der Waals surface area contributed by atoms with E-state index in [4.69, 9.17) is 14.7 Å². The van der Waals surface area contributed by atoms with Gasteiger partial charge in [-0.3, -0.25) is 4.90 Å². The number of hydrogen-bond donors (Lipinski definition) is 0. The summed E-state index contributed by atoms with van der Waals surface area (Å²) in [5.74, 6) is 1.28. The van der Waals surface area contributed by atoms with Crippen molar-refractivity contribution >= 4 is 0 Å². The van der Waals surface area contributed by atoms with Crippen LogP contribution < -0.4 is 0 Å². The second-order valence-electron chi connectivity index (χ2n) is 10.5. The fraction of sp³-hybridized carbons (Fsp3) is 0.500. The van der Waals surface area contributed by atoms with Crippen molar-refractivity contribution in [3.05, 3.63) is 81.7 Å². The standard InChI is InChI=1S/C32H43N3O/c1-7-24-14-11-15-25(8-2)31(24)32-33-23(4)28(29(34-32)19-22(3)21-36-6)20-35(5)30-18-12-16-26-13-9-10-17-27(26)30/h9-11,13-15,17,22,30H,7-8,12,16,18-21H2,1-6H3/t22?,30-/m0/s1. The lowest BCUT2D eigenvalue weighted by Crippen LogP contribution is -2.29. The zero-order chi connectivity index (χ0) is 25.7. The van der Waals surface area contributed by atoms with Crippen molar-refractivity contribution in [2.24, 2.45) is 5.92 Å². The van der Waals surface area contributed by atoms with Gasteiger partial charge in [0.15, 0.2) is 5.82 Å². The second kappa shape index (κ2) is 12.1. The molecule has 0 radical (unpaired) electrons. The molecule has 2 aromatic carbocycles. The number of rotatable bonds is 10. The third kappa shape index (κ3) is 5.71. The maximum absolute atomic E-state index is 5.50. The molecule has 1 unspecified atom stereocenters. The molecule has 0 aliphatic heterocycles. The van der Waals surface area contributed by atoms with Crippen molar-refractivity contribution in [3.63, 3.8) is 0 Å². The molecule has 0 spiro atoms. The van der Waals surface area contributed by atoms with E-state index in [1.807, 2.05) is 0 Å². The maximum Gasteiger partial charge on any atom is 0.160 e. The zero-order valence-corrected chi connectivity index (χ0v) is 23.1. The van der Waals surface area contributed by atoms with Crippen LogP contribution in [0, 0.1) is 12.8 Å². The molecular formula is C32H43N3O. The molecule has 0 saturated heterocycles. The van der Waals surface area contributed by atoms with Crippen molar-refractivity contribution < 1.29 is 4.74 Å². The minimum atomic E-state index is 0.392. The van der Waals surface area contributed by atoms with Gasteiger partial charge in [-0.1, -0.05) is 63.2 Å². The summed E-state index contributed by atoms with van der Waals surface area (Å²) in [6.07, 6.45) is 6.48. The third-order valence-electron chi connectivity index (χ3n) is 7.79. The number of hydrogen-bond acceptors (Lipinski definition) is 4. The molecule has 4 rings (SSSR count). The summed E-state index contributed by atoms with van der Waals surface area (Å²) in [6.45, 7) is 10.5. The van der Waals surface area contributed by atoms with Gasteiger partial charge in [0.1, 0.15) is 0 Å². The molecular weight excluding hydrogens is 442 g/mol. The Bertz CT molecular complexity index is 1150. The lowest BCUT2D eigenvalue weighted by molar-refractivity contribution is 0.158. The Morgan fingerprint density at radius 1 is 1.03 bits per heavy atom. The summed E-state index contributed by atoms with van der Waals surface area (Å²) in [4.78, 5) is 13.0. The van der Waals surface area contributed by atoms with Crippen LogP contribution >= 0.6 is 0 Å². The van der Waals surface area contributed by atoms with E-state index >= 15 is 0 Å². The number of ether oxygens (including phenoxy) is 1. The first-order chi connectivity index (χ1) is 17.5. The molecule has 36 heavy (non-hydrogen) atoms. The van der Waals surface area contributed by atoms with E-state index in [1.54, 1.807) is 7.11 Å². The molecule has 0 bridgehead atoms. The van der Waals surface area contributed by atoms with Gasteiger partial charge >= 0.3 is 0 Å². The summed E-state index contributed by atoms with van der Waals surface area (Å²) in [5, 5.41) is 0. The number of aromatic nitrogens is 2. The summed E-state index contributed by atoms with van der Waals surface area (Å²) < 4.78 is 5.50. The van der Waals surface area contributed by atoms with E-state index in [-0.39, 0.29) is 0 Å². The lowest BCUT2D eigenvalue weighted by atomic mass is 9.86. The van der Waals surface area contributed by atoms with Crippen molar-refractivity contribution in [3.8, 4) is 11.4 Å². The highest BCUT2D eigenvalue weighted by atomic mass is 16.5. The van der Waals surface area contributed by atoms with E-state index in [0.29, 0.717) is 12.0 Å². The van der Waals surface area contributed by atoms with Crippen LogP contribution in [0.4, 0.5) is 0 Å². The molecule has 0 saturated carbocycles. The minimum absolute atomic E-state index is 0.392. The molecule has 0 fully saturated rings. The van der Waals surface area contributed by atoms with E-state index in [2.05, 4.69) is 82.1 Å². The first-order valence-corrected chi connectivity index (χ1v) is 13.7. The fourth-order valence-electron chi connectivity index (χ4n) is 5.89. The summed E-state index contributed by atoms with van der Waals surface area (Å²) in [5.41, 5.74) is 10.4. The van der Waals surface area contributed by atoms with Gasteiger partial charge in [-0.05, 0) is 80.7 Å². The molecule has 2 atom stereocenters. The predicted octanol–water partition coefficient (Wildman–Crippen LogP) is 6.91. The third-order valence-corrected chi connectivity index (χ3v) is 7.79. The Kier molecular flexibility index (Phi) is 8.92. The van der Waals surface area contributed by atoms with Gasteiger partial charge in [0.05, 0.1) is 0 Å². The Morgan fingerprint density at radius 2 is 1.75 bits per heavy atom. The normalized spacial score (nSPS) is 16.2. The minimum Gasteiger partial charge on any atom is -0.384 e. The van der Waals surface area contributed by atoms with Gasteiger partial charge in [0, 0.05) is 48.8 Å². The van der Waals surface area contributed by atoms with Crippen LogP contribution in [0.3, 0.4) is 0 Å². The van der Waals surface area contributed by atoms with Crippen molar-refractivity contribution in [2.75, 3.05) is 20.8 Å².